The molecule has 0 amide bonds. The Hall–Kier alpha value is -0.0800. The first-order chi connectivity index (χ1) is 7.29. The van der Waals surface area contributed by atoms with Crippen LogP contribution in [0.25, 0.3) is 0 Å². The number of nitrogens with zero attached hydrogens (tertiary/aromatic N) is 1. The molecule has 2 aliphatic heterocycles. The number of hydrogen-bond donors (Lipinski definition) is 1. The summed E-state index contributed by atoms with van der Waals surface area (Å²) in [6.07, 6.45) is 8.27. The van der Waals surface area contributed by atoms with Crippen LogP contribution in [0.2, 0.25) is 0 Å². The Balaban J connectivity index is 1.75. The van der Waals surface area contributed by atoms with E-state index in [2.05, 4.69) is 24.1 Å². The lowest BCUT2D eigenvalue weighted by atomic mass is 9.96. The first kappa shape index (κ1) is 11.4. The quantitative estimate of drug-likeness (QED) is 0.766. The van der Waals surface area contributed by atoms with Crippen LogP contribution in [0, 0.1) is 0 Å². The summed E-state index contributed by atoms with van der Waals surface area (Å²) in [5.74, 6) is 0. The molecule has 0 spiro atoms. The third-order valence-electron chi connectivity index (χ3n) is 4.06. The fourth-order valence-electron chi connectivity index (χ4n) is 3.29. The maximum absolute atomic E-state index is 3.81. The van der Waals surface area contributed by atoms with Gasteiger partial charge in [0.25, 0.3) is 0 Å². The minimum atomic E-state index is 0.716. The SMILES string of the molecule is CCCC(C)NC1CCN2CCCC2C1. The molecule has 15 heavy (non-hydrogen) atoms. The Bertz CT molecular complexity index is 193. The molecule has 0 bridgehead atoms. The monoisotopic (exact) mass is 210 g/mol. The van der Waals surface area contributed by atoms with Gasteiger partial charge in [0, 0.05) is 18.1 Å². The second kappa shape index (κ2) is 5.31. The van der Waals surface area contributed by atoms with Gasteiger partial charge in [-0.25, -0.2) is 0 Å². The Kier molecular flexibility index (Phi) is 4.04. The Morgan fingerprint density at radius 3 is 3.00 bits per heavy atom. The lowest BCUT2D eigenvalue weighted by molar-refractivity contribution is 0.161. The van der Waals surface area contributed by atoms with E-state index >= 15 is 0 Å². The van der Waals surface area contributed by atoms with E-state index in [1.54, 1.807) is 0 Å². The molecule has 1 N–H and O–H groups in total. The van der Waals surface area contributed by atoms with Crippen LogP contribution >= 0.6 is 0 Å². The van der Waals surface area contributed by atoms with Crippen LogP contribution in [0.4, 0.5) is 0 Å². The third kappa shape index (κ3) is 2.94. The summed E-state index contributed by atoms with van der Waals surface area (Å²) in [5, 5.41) is 3.81. The van der Waals surface area contributed by atoms with Crippen LogP contribution in [0.3, 0.4) is 0 Å². The highest BCUT2D eigenvalue weighted by Gasteiger charge is 2.31. The minimum Gasteiger partial charge on any atom is -0.311 e. The van der Waals surface area contributed by atoms with Gasteiger partial charge in [-0.2, -0.15) is 0 Å². The molecule has 0 aromatic carbocycles. The number of piperidine rings is 1. The molecular weight excluding hydrogens is 184 g/mol. The normalized spacial score (nSPS) is 34.0. The Labute approximate surface area is 94.4 Å². The molecule has 88 valence electrons. The van der Waals surface area contributed by atoms with Crippen LogP contribution in [0.1, 0.15) is 52.4 Å². The predicted molar refractivity (Wildman–Crippen MR) is 65.1 cm³/mol. The van der Waals surface area contributed by atoms with E-state index in [1.807, 2.05) is 0 Å². The topological polar surface area (TPSA) is 15.3 Å². The molecule has 0 aromatic rings. The molecule has 0 aliphatic carbocycles. The van der Waals surface area contributed by atoms with Gasteiger partial charge in [-0.15, -0.1) is 0 Å². The van der Waals surface area contributed by atoms with E-state index in [-0.39, 0.29) is 0 Å². The van der Waals surface area contributed by atoms with Crippen LogP contribution in [-0.2, 0) is 0 Å². The number of fused-ring (bicyclic) bond motifs is 1. The first-order valence-electron chi connectivity index (χ1n) is 6.79. The van der Waals surface area contributed by atoms with Gasteiger partial charge < -0.3 is 10.2 Å². The van der Waals surface area contributed by atoms with E-state index < -0.39 is 0 Å². The van der Waals surface area contributed by atoms with E-state index in [1.165, 1.54) is 51.6 Å². The van der Waals surface area contributed by atoms with Crippen molar-refractivity contribution in [2.24, 2.45) is 0 Å². The maximum Gasteiger partial charge on any atom is 0.0111 e. The Morgan fingerprint density at radius 2 is 2.20 bits per heavy atom. The molecule has 2 fully saturated rings. The smallest absolute Gasteiger partial charge is 0.0111 e. The van der Waals surface area contributed by atoms with Gasteiger partial charge in [-0.1, -0.05) is 13.3 Å². The minimum absolute atomic E-state index is 0.716. The van der Waals surface area contributed by atoms with Crippen molar-refractivity contribution in [3.63, 3.8) is 0 Å². The molecule has 3 unspecified atom stereocenters. The van der Waals surface area contributed by atoms with Crippen LogP contribution in [0.15, 0.2) is 0 Å². The molecular formula is C13H26N2. The second-order valence-corrected chi connectivity index (χ2v) is 5.41. The predicted octanol–water partition coefficient (Wildman–Crippen LogP) is 2.39. The van der Waals surface area contributed by atoms with Crippen LogP contribution < -0.4 is 5.32 Å². The van der Waals surface area contributed by atoms with E-state index in [0.717, 1.165) is 12.1 Å². The largest absolute Gasteiger partial charge is 0.311 e. The van der Waals surface area contributed by atoms with Gasteiger partial charge in [0.2, 0.25) is 0 Å². The zero-order valence-electron chi connectivity index (χ0n) is 10.3. The zero-order valence-corrected chi connectivity index (χ0v) is 10.3. The van der Waals surface area contributed by atoms with Crippen molar-refractivity contribution in [3.8, 4) is 0 Å². The molecule has 2 aliphatic rings. The number of rotatable bonds is 4. The highest BCUT2D eigenvalue weighted by Crippen LogP contribution is 2.27. The Morgan fingerprint density at radius 1 is 1.33 bits per heavy atom. The summed E-state index contributed by atoms with van der Waals surface area (Å²) in [6.45, 7) is 7.31. The molecule has 2 heteroatoms. The van der Waals surface area contributed by atoms with Crippen LogP contribution in [0.5, 0.6) is 0 Å². The van der Waals surface area contributed by atoms with Crippen molar-refractivity contribution in [1.29, 1.82) is 0 Å². The zero-order chi connectivity index (χ0) is 10.7. The van der Waals surface area contributed by atoms with Crippen molar-refractivity contribution in [2.45, 2.75) is 70.5 Å². The van der Waals surface area contributed by atoms with Gasteiger partial charge in [0.1, 0.15) is 0 Å². The third-order valence-corrected chi connectivity index (χ3v) is 4.06. The molecule has 2 nitrogen and oxygen atoms in total. The average molecular weight is 210 g/mol. The lowest BCUT2D eigenvalue weighted by Crippen LogP contribution is -2.47. The highest BCUT2D eigenvalue weighted by molar-refractivity contribution is 4.89. The summed E-state index contributed by atoms with van der Waals surface area (Å²) in [5.41, 5.74) is 0. The molecule has 0 radical (unpaired) electrons. The van der Waals surface area contributed by atoms with Gasteiger partial charge in [0.15, 0.2) is 0 Å². The number of nitrogens with one attached hydrogen (secondary N) is 1. The van der Waals surface area contributed by atoms with Gasteiger partial charge in [-0.05, 0) is 52.1 Å². The van der Waals surface area contributed by atoms with Crippen molar-refractivity contribution in [3.05, 3.63) is 0 Å². The summed E-state index contributed by atoms with van der Waals surface area (Å²) < 4.78 is 0. The molecule has 0 aromatic heterocycles. The van der Waals surface area contributed by atoms with Crippen molar-refractivity contribution in [1.82, 2.24) is 10.2 Å². The van der Waals surface area contributed by atoms with E-state index in [0.29, 0.717) is 6.04 Å². The average Bonchev–Trinajstić information content (AvgIpc) is 2.65. The molecule has 2 rings (SSSR count). The van der Waals surface area contributed by atoms with E-state index in [4.69, 9.17) is 0 Å². The van der Waals surface area contributed by atoms with Crippen LogP contribution in [-0.4, -0.2) is 36.1 Å². The molecule has 2 heterocycles. The van der Waals surface area contributed by atoms with E-state index in [9.17, 15) is 0 Å². The van der Waals surface area contributed by atoms with Crippen molar-refractivity contribution in [2.75, 3.05) is 13.1 Å². The lowest BCUT2D eigenvalue weighted by Gasteiger charge is -2.36. The number of hydrogen-bond acceptors (Lipinski definition) is 2. The summed E-state index contributed by atoms with van der Waals surface area (Å²) >= 11 is 0. The summed E-state index contributed by atoms with van der Waals surface area (Å²) in [4.78, 5) is 2.70. The summed E-state index contributed by atoms with van der Waals surface area (Å²) in [6, 6.07) is 2.42. The first-order valence-corrected chi connectivity index (χ1v) is 6.79. The van der Waals surface area contributed by atoms with Crippen molar-refractivity contribution >= 4 is 0 Å². The van der Waals surface area contributed by atoms with Gasteiger partial charge >= 0.3 is 0 Å². The molecule has 0 saturated carbocycles. The van der Waals surface area contributed by atoms with Gasteiger partial charge in [-0.3, -0.25) is 0 Å². The molecule has 3 atom stereocenters. The van der Waals surface area contributed by atoms with Gasteiger partial charge in [0.05, 0.1) is 0 Å². The highest BCUT2D eigenvalue weighted by atomic mass is 15.2. The fourth-order valence-corrected chi connectivity index (χ4v) is 3.29. The molecule has 2 saturated heterocycles. The summed E-state index contributed by atoms with van der Waals surface area (Å²) in [7, 11) is 0. The standard InChI is InChI=1S/C13H26N2/c1-3-5-11(2)14-12-7-9-15-8-4-6-13(15)10-12/h11-14H,3-10H2,1-2H3. The fraction of sp³-hybridized carbons (Fsp3) is 1.00. The maximum atomic E-state index is 3.81. The van der Waals surface area contributed by atoms with Crippen molar-refractivity contribution < 1.29 is 0 Å². The second-order valence-electron chi connectivity index (χ2n) is 5.41.